The van der Waals surface area contributed by atoms with Crippen LogP contribution in [0.1, 0.15) is 18.1 Å². The van der Waals surface area contributed by atoms with Crippen LogP contribution >= 0.6 is 0 Å². The molecule has 0 spiro atoms. The molecule has 3 aromatic carbocycles. The number of carbonyl (C=O) groups excluding carboxylic acids is 1. The summed E-state index contributed by atoms with van der Waals surface area (Å²) in [7, 11) is 0. The SMILES string of the molecule is CCOc1ccc(/C=C/C(=O)Nc2ccccc2OCc2ccccc2)cc1. The maximum Gasteiger partial charge on any atom is 0.248 e. The zero-order valence-electron chi connectivity index (χ0n) is 15.8. The molecule has 4 nitrogen and oxygen atoms in total. The van der Waals surface area contributed by atoms with E-state index in [1.807, 2.05) is 85.8 Å². The number of amides is 1. The van der Waals surface area contributed by atoms with Gasteiger partial charge in [0.1, 0.15) is 18.1 Å². The van der Waals surface area contributed by atoms with Crippen LogP contribution in [0.25, 0.3) is 6.08 Å². The number of hydrogen-bond donors (Lipinski definition) is 1. The average molecular weight is 373 g/mol. The number of rotatable bonds is 8. The molecule has 1 amide bonds. The van der Waals surface area contributed by atoms with Gasteiger partial charge in [-0.2, -0.15) is 0 Å². The van der Waals surface area contributed by atoms with Crippen LogP contribution in [0.4, 0.5) is 5.69 Å². The van der Waals surface area contributed by atoms with E-state index < -0.39 is 0 Å². The van der Waals surface area contributed by atoms with Crippen LogP contribution in [0.3, 0.4) is 0 Å². The van der Waals surface area contributed by atoms with E-state index in [4.69, 9.17) is 9.47 Å². The maximum absolute atomic E-state index is 12.3. The van der Waals surface area contributed by atoms with Crippen LogP contribution < -0.4 is 14.8 Å². The third-order valence-corrected chi connectivity index (χ3v) is 4.00. The molecule has 0 bridgehead atoms. The van der Waals surface area contributed by atoms with Crippen molar-refractivity contribution >= 4 is 17.7 Å². The Labute approximate surface area is 165 Å². The van der Waals surface area contributed by atoms with Crippen LogP contribution in [-0.4, -0.2) is 12.5 Å². The lowest BCUT2D eigenvalue weighted by Crippen LogP contribution is -2.09. The van der Waals surface area contributed by atoms with Gasteiger partial charge in [-0.3, -0.25) is 4.79 Å². The molecule has 0 saturated carbocycles. The monoisotopic (exact) mass is 373 g/mol. The molecular formula is C24H23NO3. The number of anilines is 1. The molecule has 28 heavy (non-hydrogen) atoms. The van der Waals surface area contributed by atoms with Gasteiger partial charge in [-0.1, -0.05) is 54.6 Å². The topological polar surface area (TPSA) is 47.6 Å². The highest BCUT2D eigenvalue weighted by molar-refractivity contribution is 6.02. The number of ether oxygens (including phenoxy) is 2. The molecule has 0 aliphatic rings. The standard InChI is InChI=1S/C24H23NO3/c1-2-27-21-15-12-19(13-16-21)14-17-24(26)25-22-10-6-7-11-23(22)28-18-20-8-4-3-5-9-20/h3-17H,2,18H2,1H3,(H,25,26)/b17-14+. The van der Waals surface area contributed by atoms with E-state index in [0.717, 1.165) is 16.9 Å². The Morgan fingerprint density at radius 1 is 0.893 bits per heavy atom. The second-order valence-corrected chi connectivity index (χ2v) is 6.10. The zero-order chi connectivity index (χ0) is 19.6. The number of hydrogen-bond acceptors (Lipinski definition) is 3. The summed E-state index contributed by atoms with van der Waals surface area (Å²) in [6.07, 6.45) is 3.27. The van der Waals surface area contributed by atoms with Gasteiger partial charge in [0.05, 0.1) is 12.3 Å². The quantitative estimate of drug-likeness (QED) is 0.544. The maximum atomic E-state index is 12.3. The lowest BCUT2D eigenvalue weighted by atomic mass is 10.2. The van der Waals surface area contributed by atoms with E-state index in [1.54, 1.807) is 6.08 Å². The third-order valence-electron chi connectivity index (χ3n) is 4.00. The average Bonchev–Trinajstić information content (AvgIpc) is 2.74. The summed E-state index contributed by atoms with van der Waals surface area (Å²) in [5, 5.41) is 2.87. The van der Waals surface area contributed by atoms with Gasteiger partial charge in [0.2, 0.25) is 5.91 Å². The van der Waals surface area contributed by atoms with Crippen LogP contribution in [0, 0.1) is 0 Å². The fourth-order valence-corrected chi connectivity index (χ4v) is 2.62. The van der Waals surface area contributed by atoms with Crippen molar-refractivity contribution in [1.29, 1.82) is 0 Å². The van der Waals surface area contributed by atoms with Crippen LogP contribution in [-0.2, 0) is 11.4 Å². The number of carbonyl (C=O) groups is 1. The summed E-state index contributed by atoms with van der Waals surface area (Å²) >= 11 is 0. The van der Waals surface area contributed by atoms with Gasteiger partial charge < -0.3 is 14.8 Å². The Morgan fingerprint density at radius 2 is 1.61 bits per heavy atom. The van der Waals surface area contributed by atoms with E-state index >= 15 is 0 Å². The smallest absolute Gasteiger partial charge is 0.248 e. The minimum Gasteiger partial charge on any atom is -0.494 e. The van der Waals surface area contributed by atoms with Crippen LogP contribution in [0.5, 0.6) is 11.5 Å². The summed E-state index contributed by atoms with van der Waals surface area (Å²) < 4.78 is 11.3. The molecule has 0 aliphatic heterocycles. The summed E-state index contributed by atoms with van der Waals surface area (Å²) in [6.45, 7) is 3.01. The highest BCUT2D eigenvalue weighted by Gasteiger charge is 2.06. The molecule has 0 radical (unpaired) electrons. The van der Waals surface area contributed by atoms with Crippen molar-refractivity contribution in [2.75, 3.05) is 11.9 Å². The van der Waals surface area contributed by atoms with E-state index in [-0.39, 0.29) is 5.91 Å². The van der Waals surface area contributed by atoms with Crippen molar-refractivity contribution in [2.24, 2.45) is 0 Å². The Balaban J connectivity index is 1.60. The number of para-hydroxylation sites is 2. The molecule has 0 saturated heterocycles. The fourth-order valence-electron chi connectivity index (χ4n) is 2.62. The Bertz CT molecular complexity index is 918. The van der Waals surface area contributed by atoms with Crippen LogP contribution in [0.2, 0.25) is 0 Å². The largest absolute Gasteiger partial charge is 0.494 e. The van der Waals surface area contributed by atoms with Crippen molar-refractivity contribution in [3.8, 4) is 11.5 Å². The van der Waals surface area contributed by atoms with Gasteiger partial charge in [0, 0.05) is 6.08 Å². The molecule has 0 heterocycles. The predicted molar refractivity (Wildman–Crippen MR) is 112 cm³/mol. The first-order chi connectivity index (χ1) is 13.7. The fraction of sp³-hybridized carbons (Fsp3) is 0.125. The predicted octanol–water partition coefficient (Wildman–Crippen LogP) is 5.32. The van der Waals surface area contributed by atoms with Crippen molar-refractivity contribution in [1.82, 2.24) is 0 Å². The van der Waals surface area contributed by atoms with Gasteiger partial charge >= 0.3 is 0 Å². The molecule has 0 atom stereocenters. The normalized spacial score (nSPS) is 10.6. The van der Waals surface area contributed by atoms with Crippen molar-refractivity contribution < 1.29 is 14.3 Å². The van der Waals surface area contributed by atoms with E-state index in [9.17, 15) is 4.79 Å². The van der Waals surface area contributed by atoms with Gasteiger partial charge in [-0.15, -0.1) is 0 Å². The lowest BCUT2D eigenvalue weighted by molar-refractivity contribution is -0.111. The number of nitrogens with one attached hydrogen (secondary N) is 1. The second-order valence-electron chi connectivity index (χ2n) is 6.10. The molecule has 0 aliphatic carbocycles. The Hall–Kier alpha value is -3.53. The van der Waals surface area contributed by atoms with Gasteiger partial charge in [0.15, 0.2) is 0 Å². The van der Waals surface area contributed by atoms with Crippen molar-refractivity contribution in [3.63, 3.8) is 0 Å². The molecule has 3 aromatic rings. The Kier molecular flexibility index (Phi) is 6.85. The number of benzene rings is 3. The third kappa shape index (κ3) is 5.74. The van der Waals surface area contributed by atoms with Crippen LogP contribution in [0.15, 0.2) is 84.9 Å². The van der Waals surface area contributed by atoms with Gasteiger partial charge in [-0.05, 0) is 48.4 Å². The molecular weight excluding hydrogens is 350 g/mol. The summed E-state index contributed by atoms with van der Waals surface area (Å²) in [5.74, 6) is 1.23. The molecule has 0 fully saturated rings. The first-order valence-electron chi connectivity index (χ1n) is 9.22. The summed E-state index contributed by atoms with van der Waals surface area (Å²) in [5.41, 5.74) is 2.63. The minimum absolute atomic E-state index is 0.218. The summed E-state index contributed by atoms with van der Waals surface area (Å²) in [6, 6.07) is 24.9. The zero-order valence-corrected chi connectivity index (χ0v) is 15.8. The highest BCUT2D eigenvalue weighted by atomic mass is 16.5. The molecule has 1 N–H and O–H groups in total. The molecule has 142 valence electrons. The first-order valence-corrected chi connectivity index (χ1v) is 9.22. The molecule has 4 heteroatoms. The minimum atomic E-state index is -0.218. The van der Waals surface area contributed by atoms with Crippen molar-refractivity contribution in [3.05, 3.63) is 96.1 Å². The van der Waals surface area contributed by atoms with Crippen molar-refractivity contribution in [2.45, 2.75) is 13.5 Å². The van der Waals surface area contributed by atoms with Gasteiger partial charge in [0.25, 0.3) is 0 Å². The highest BCUT2D eigenvalue weighted by Crippen LogP contribution is 2.25. The molecule has 0 aromatic heterocycles. The van der Waals surface area contributed by atoms with E-state index in [2.05, 4.69) is 5.32 Å². The Morgan fingerprint density at radius 3 is 2.36 bits per heavy atom. The second kappa shape index (κ2) is 9.97. The van der Waals surface area contributed by atoms with E-state index in [0.29, 0.717) is 24.7 Å². The first kappa shape index (κ1) is 19.2. The summed E-state index contributed by atoms with van der Waals surface area (Å²) in [4.78, 5) is 12.3. The molecule has 0 unspecified atom stereocenters. The van der Waals surface area contributed by atoms with Gasteiger partial charge in [-0.25, -0.2) is 0 Å². The lowest BCUT2D eigenvalue weighted by Gasteiger charge is -2.11. The van der Waals surface area contributed by atoms with E-state index in [1.165, 1.54) is 6.08 Å². The molecule has 3 rings (SSSR count).